The summed E-state index contributed by atoms with van der Waals surface area (Å²) in [6.45, 7) is 11.7. The second kappa shape index (κ2) is 7.20. The van der Waals surface area contributed by atoms with E-state index in [1.165, 1.54) is 24.1 Å². The normalized spacial score (nSPS) is 17.9. The zero-order chi connectivity index (χ0) is 15.3. The Labute approximate surface area is 131 Å². The maximum absolute atomic E-state index is 6.72. The summed E-state index contributed by atoms with van der Waals surface area (Å²) < 4.78 is 6.72. The first-order chi connectivity index (χ1) is 9.89. The second-order valence-electron chi connectivity index (χ2n) is 7.09. The van der Waals surface area contributed by atoms with E-state index in [0.29, 0.717) is 6.17 Å². The number of hydrogen-bond donors (Lipinski definition) is 2. The molecule has 1 aliphatic rings. The van der Waals surface area contributed by atoms with Crippen LogP contribution in [0.25, 0.3) is 0 Å². The lowest BCUT2D eigenvalue weighted by Crippen LogP contribution is -2.54. The Morgan fingerprint density at radius 1 is 1.05 bits per heavy atom. The van der Waals surface area contributed by atoms with Crippen LogP contribution in [0.5, 0.6) is 0 Å². The summed E-state index contributed by atoms with van der Waals surface area (Å²) in [6.07, 6.45) is 2.90. The largest absolute Gasteiger partial charge is 0.452 e. The molecule has 0 aliphatic carbocycles. The van der Waals surface area contributed by atoms with Gasteiger partial charge in [0.25, 0.3) is 0 Å². The van der Waals surface area contributed by atoms with Crippen molar-refractivity contribution >= 4 is 21.8 Å². The van der Waals surface area contributed by atoms with Gasteiger partial charge in [-0.05, 0) is 63.4 Å². The molecule has 0 saturated carbocycles. The molecule has 0 atom stereocenters. The van der Waals surface area contributed by atoms with E-state index in [1.807, 2.05) is 0 Å². The van der Waals surface area contributed by atoms with Crippen LogP contribution in [0.2, 0.25) is 32.2 Å². The molecular weight excluding hydrogens is 292 g/mol. The summed E-state index contributed by atoms with van der Waals surface area (Å²) in [6, 6.07) is 12.0. The lowest BCUT2D eigenvalue weighted by molar-refractivity contribution is 0.357. The molecule has 3 nitrogen and oxygen atoms in total. The van der Waals surface area contributed by atoms with Crippen LogP contribution in [0.3, 0.4) is 0 Å². The maximum Gasteiger partial charge on any atom is 0.205 e. The van der Waals surface area contributed by atoms with E-state index in [1.54, 1.807) is 0 Å². The Balaban J connectivity index is 1.90. The third-order valence-electron chi connectivity index (χ3n) is 4.17. The van der Waals surface area contributed by atoms with E-state index < -0.39 is 16.6 Å². The molecule has 1 saturated heterocycles. The molecule has 2 N–H and O–H groups in total. The minimum absolute atomic E-state index is 0.482. The Hall–Kier alpha value is -0.466. The zero-order valence-corrected chi connectivity index (χ0v) is 15.9. The summed E-state index contributed by atoms with van der Waals surface area (Å²) in [5.41, 5.74) is 0. The topological polar surface area (TPSA) is 33.3 Å². The summed E-state index contributed by atoms with van der Waals surface area (Å²) >= 11 is 0. The Morgan fingerprint density at radius 2 is 1.67 bits per heavy atom. The van der Waals surface area contributed by atoms with Gasteiger partial charge < -0.3 is 14.7 Å². The van der Waals surface area contributed by atoms with Gasteiger partial charge in [-0.2, -0.15) is 0 Å². The first-order valence-electron chi connectivity index (χ1n) is 8.12. The molecule has 21 heavy (non-hydrogen) atoms. The average Bonchev–Trinajstić information content (AvgIpc) is 2.46. The molecule has 0 unspecified atom stereocenters. The van der Waals surface area contributed by atoms with Crippen LogP contribution < -0.4 is 15.8 Å². The van der Waals surface area contributed by atoms with Crippen LogP contribution in [-0.2, 0) is 4.12 Å². The van der Waals surface area contributed by atoms with Crippen molar-refractivity contribution < 1.29 is 4.12 Å². The number of rotatable bonds is 6. The van der Waals surface area contributed by atoms with Gasteiger partial charge in [0.2, 0.25) is 8.32 Å². The molecule has 1 fully saturated rings. The number of nitrogens with one attached hydrogen (secondary N) is 2. The molecule has 5 heteroatoms. The van der Waals surface area contributed by atoms with E-state index in [-0.39, 0.29) is 0 Å². The predicted octanol–water partition coefficient (Wildman–Crippen LogP) is 2.62. The highest BCUT2D eigenvalue weighted by molar-refractivity contribution is 6.92. The smallest absolute Gasteiger partial charge is 0.205 e. The molecule has 2 rings (SSSR count). The SMILES string of the molecule is C[Si](C)(CCC1NCCCN1)O[Si](C)(C)c1ccccc1. The molecule has 0 aromatic heterocycles. The van der Waals surface area contributed by atoms with Crippen molar-refractivity contribution in [3.63, 3.8) is 0 Å². The van der Waals surface area contributed by atoms with E-state index >= 15 is 0 Å². The standard InChI is InChI=1S/C16H30N2OSi2/c1-20(2,14-11-16-17-12-8-13-18-16)19-21(3,4)15-9-6-5-7-10-15/h5-7,9-10,16-18H,8,11-14H2,1-4H3. The Morgan fingerprint density at radius 3 is 2.29 bits per heavy atom. The molecule has 1 aromatic rings. The molecule has 0 bridgehead atoms. The van der Waals surface area contributed by atoms with Crippen molar-refractivity contribution in [3.8, 4) is 0 Å². The van der Waals surface area contributed by atoms with Crippen molar-refractivity contribution in [1.82, 2.24) is 10.6 Å². The summed E-state index contributed by atoms with van der Waals surface area (Å²) in [4.78, 5) is 0. The highest BCUT2D eigenvalue weighted by Gasteiger charge is 2.34. The van der Waals surface area contributed by atoms with Gasteiger partial charge in [-0.3, -0.25) is 0 Å². The lowest BCUT2D eigenvalue weighted by Gasteiger charge is -2.35. The minimum atomic E-state index is -1.78. The molecule has 1 aromatic carbocycles. The zero-order valence-electron chi connectivity index (χ0n) is 13.9. The highest BCUT2D eigenvalue weighted by Crippen LogP contribution is 2.21. The van der Waals surface area contributed by atoms with Crippen LogP contribution in [0, 0.1) is 0 Å². The van der Waals surface area contributed by atoms with Crippen LogP contribution in [0.4, 0.5) is 0 Å². The first kappa shape index (κ1) is 16.9. The lowest BCUT2D eigenvalue weighted by atomic mass is 10.2. The summed E-state index contributed by atoms with van der Waals surface area (Å²) in [5.74, 6) is 0. The summed E-state index contributed by atoms with van der Waals surface area (Å²) in [5, 5.41) is 8.51. The van der Waals surface area contributed by atoms with Crippen molar-refractivity contribution in [2.24, 2.45) is 0 Å². The second-order valence-corrected chi connectivity index (χ2v) is 15.5. The third-order valence-corrected chi connectivity index (χ3v) is 11.6. The van der Waals surface area contributed by atoms with Crippen molar-refractivity contribution in [3.05, 3.63) is 30.3 Å². The van der Waals surface area contributed by atoms with E-state index in [2.05, 4.69) is 67.2 Å². The monoisotopic (exact) mass is 322 g/mol. The van der Waals surface area contributed by atoms with Crippen molar-refractivity contribution in [2.45, 2.75) is 51.2 Å². The van der Waals surface area contributed by atoms with Gasteiger partial charge in [-0.25, -0.2) is 0 Å². The molecule has 1 aliphatic heterocycles. The molecule has 0 spiro atoms. The van der Waals surface area contributed by atoms with E-state index in [0.717, 1.165) is 13.1 Å². The van der Waals surface area contributed by atoms with Gasteiger partial charge in [-0.15, -0.1) is 0 Å². The number of hydrogen-bond acceptors (Lipinski definition) is 3. The van der Waals surface area contributed by atoms with Crippen LogP contribution in [0.1, 0.15) is 12.8 Å². The predicted molar refractivity (Wildman–Crippen MR) is 96.0 cm³/mol. The van der Waals surface area contributed by atoms with E-state index in [9.17, 15) is 0 Å². The summed E-state index contributed by atoms with van der Waals surface area (Å²) in [7, 11) is -3.40. The molecular formula is C16H30N2OSi2. The van der Waals surface area contributed by atoms with Gasteiger partial charge in [-0.1, -0.05) is 30.3 Å². The van der Waals surface area contributed by atoms with Gasteiger partial charge in [0.15, 0.2) is 8.32 Å². The molecule has 0 radical (unpaired) electrons. The Kier molecular flexibility index (Phi) is 5.79. The molecule has 0 amide bonds. The number of benzene rings is 1. The fourth-order valence-electron chi connectivity index (χ4n) is 3.05. The molecule has 1 heterocycles. The highest BCUT2D eigenvalue weighted by atomic mass is 28.4. The van der Waals surface area contributed by atoms with Gasteiger partial charge in [0.1, 0.15) is 0 Å². The van der Waals surface area contributed by atoms with Gasteiger partial charge in [0, 0.05) is 0 Å². The molecule has 118 valence electrons. The van der Waals surface area contributed by atoms with Crippen LogP contribution >= 0.6 is 0 Å². The fourth-order valence-corrected chi connectivity index (χ4v) is 11.4. The van der Waals surface area contributed by atoms with E-state index in [4.69, 9.17) is 4.12 Å². The Bertz CT molecular complexity index is 431. The maximum atomic E-state index is 6.72. The van der Waals surface area contributed by atoms with Crippen LogP contribution in [-0.4, -0.2) is 35.9 Å². The third kappa shape index (κ3) is 5.34. The minimum Gasteiger partial charge on any atom is -0.452 e. The van der Waals surface area contributed by atoms with Crippen LogP contribution in [0.15, 0.2) is 30.3 Å². The van der Waals surface area contributed by atoms with Crippen molar-refractivity contribution in [2.75, 3.05) is 13.1 Å². The first-order valence-corrected chi connectivity index (χ1v) is 14.1. The average molecular weight is 323 g/mol. The van der Waals surface area contributed by atoms with Gasteiger partial charge in [0.05, 0.1) is 6.17 Å². The van der Waals surface area contributed by atoms with Crippen molar-refractivity contribution in [1.29, 1.82) is 0 Å². The fraction of sp³-hybridized carbons (Fsp3) is 0.625. The quantitative estimate of drug-likeness (QED) is 0.790. The van der Waals surface area contributed by atoms with Gasteiger partial charge >= 0.3 is 0 Å².